The van der Waals surface area contributed by atoms with Crippen LogP contribution in [0.25, 0.3) is 0 Å². The minimum atomic E-state index is -0.619. The largest absolute Gasteiger partial charge is 0.345 e. The fourth-order valence-electron chi connectivity index (χ4n) is 2.13. The Kier molecular flexibility index (Phi) is 6.30. The van der Waals surface area contributed by atoms with Gasteiger partial charge in [0.1, 0.15) is 6.33 Å². The zero-order valence-corrected chi connectivity index (χ0v) is 16.3. The summed E-state index contributed by atoms with van der Waals surface area (Å²) in [4.78, 5) is 31.7. The molecule has 3 aromatic rings. The van der Waals surface area contributed by atoms with E-state index >= 15 is 0 Å². The van der Waals surface area contributed by atoms with Gasteiger partial charge in [0.15, 0.2) is 5.03 Å². The van der Waals surface area contributed by atoms with E-state index in [1.54, 1.807) is 42.5 Å². The van der Waals surface area contributed by atoms with Crippen LogP contribution < -0.4 is 10.9 Å². The van der Waals surface area contributed by atoms with Crippen molar-refractivity contribution in [3.63, 3.8) is 0 Å². The van der Waals surface area contributed by atoms with Crippen LogP contribution in [0.4, 0.5) is 11.5 Å². The van der Waals surface area contributed by atoms with Crippen molar-refractivity contribution in [1.82, 2.24) is 15.4 Å². The molecule has 1 heterocycles. The van der Waals surface area contributed by atoms with Crippen LogP contribution in [-0.2, 0) is 0 Å². The third-order valence-electron chi connectivity index (χ3n) is 3.38. The number of anilines is 1. The summed E-state index contributed by atoms with van der Waals surface area (Å²) in [5.41, 5.74) is 4.76. The summed E-state index contributed by atoms with van der Waals surface area (Å²) < 4.78 is 0. The fraction of sp³-hybridized carbons (Fsp3) is 0. The number of benzene rings is 2. The molecule has 0 unspecified atom stereocenters. The summed E-state index contributed by atoms with van der Waals surface area (Å²) in [5, 5.41) is 12.6. The molecule has 0 saturated carbocycles. The van der Waals surface area contributed by atoms with Gasteiger partial charge in [0.2, 0.25) is 5.82 Å². The van der Waals surface area contributed by atoms with Crippen LogP contribution >= 0.6 is 35.0 Å². The lowest BCUT2D eigenvalue weighted by atomic mass is 10.2. The highest BCUT2D eigenvalue weighted by Gasteiger charge is 2.24. The smallest absolute Gasteiger partial charge is 0.276 e. The van der Waals surface area contributed by atoms with Gasteiger partial charge in [-0.25, -0.2) is 9.97 Å². The Labute approximate surface area is 173 Å². The quantitative estimate of drug-likeness (QED) is 0.330. The first-order chi connectivity index (χ1) is 13.4. The summed E-state index contributed by atoms with van der Waals surface area (Å²) in [6, 6.07) is 13.0. The molecule has 0 saturated heterocycles. The van der Waals surface area contributed by atoms with E-state index in [1.807, 2.05) is 0 Å². The number of nitrogens with zero attached hydrogens (tertiary/aromatic N) is 3. The van der Waals surface area contributed by atoms with Gasteiger partial charge in [0.25, 0.3) is 5.91 Å². The molecule has 0 atom stereocenters. The van der Waals surface area contributed by atoms with Crippen LogP contribution in [0.1, 0.15) is 10.4 Å². The third-order valence-corrected chi connectivity index (χ3v) is 4.87. The average molecular weight is 436 g/mol. The van der Waals surface area contributed by atoms with Crippen molar-refractivity contribution in [2.75, 3.05) is 5.43 Å². The monoisotopic (exact) mass is 435 g/mol. The molecule has 11 heteroatoms. The van der Waals surface area contributed by atoms with Gasteiger partial charge in [-0.3, -0.25) is 25.8 Å². The van der Waals surface area contributed by atoms with Crippen LogP contribution in [0, 0.1) is 10.1 Å². The molecular weight excluding hydrogens is 425 g/mol. The van der Waals surface area contributed by atoms with Gasteiger partial charge in [-0.15, -0.1) is 0 Å². The molecule has 3 rings (SSSR count). The molecule has 2 N–H and O–H groups in total. The molecule has 0 fully saturated rings. The molecule has 28 heavy (non-hydrogen) atoms. The Morgan fingerprint density at radius 3 is 2.50 bits per heavy atom. The summed E-state index contributed by atoms with van der Waals surface area (Å²) >= 11 is 12.8. The van der Waals surface area contributed by atoms with Gasteiger partial charge in [0, 0.05) is 20.5 Å². The second-order valence-electron chi connectivity index (χ2n) is 5.28. The topological polar surface area (TPSA) is 110 Å². The van der Waals surface area contributed by atoms with E-state index in [0.717, 1.165) is 11.8 Å². The molecule has 0 bridgehead atoms. The Morgan fingerprint density at radius 1 is 1.07 bits per heavy atom. The van der Waals surface area contributed by atoms with Crippen molar-refractivity contribution >= 4 is 52.4 Å². The minimum absolute atomic E-state index is 0.113. The van der Waals surface area contributed by atoms with Gasteiger partial charge in [-0.2, -0.15) is 0 Å². The lowest BCUT2D eigenvalue weighted by molar-refractivity contribution is -0.387. The van der Waals surface area contributed by atoms with Crippen molar-refractivity contribution in [3.8, 4) is 0 Å². The number of hydrazine groups is 1. The fourth-order valence-corrected chi connectivity index (χ4v) is 3.30. The number of carbonyl (C=O) groups is 1. The average Bonchev–Trinajstić information content (AvgIpc) is 2.67. The summed E-state index contributed by atoms with van der Waals surface area (Å²) in [6.07, 6.45) is 1.17. The van der Waals surface area contributed by atoms with Gasteiger partial charge in [-0.1, -0.05) is 41.0 Å². The second kappa shape index (κ2) is 8.87. The summed E-state index contributed by atoms with van der Waals surface area (Å²) in [5.74, 6) is -0.672. The van der Waals surface area contributed by atoms with E-state index in [1.165, 1.54) is 12.4 Å². The highest BCUT2D eigenvalue weighted by Crippen LogP contribution is 2.36. The maximum absolute atomic E-state index is 12.2. The Morgan fingerprint density at radius 2 is 1.82 bits per heavy atom. The maximum Gasteiger partial charge on any atom is 0.345 e. The molecule has 1 aromatic heterocycles. The predicted molar refractivity (Wildman–Crippen MR) is 107 cm³/mol. The predicted octanol–water partition coefficient (Wildman–Crippen LogP) is 4.60. The van der Waals surface area contributed by atoms with Gasteiger partial charge < -0.3 is 0 Å². The molecule has 1 amide bonds. The van der Waals surface area contributed by atoms with Gasteiger partial charge >= 0.3 is 5.69 Å². The number of hydrogen-bond acceptors (Lipinski definition) is 7. The number of halogens is 2. The summed E-state index contributed by atoms with van der Waals surface area (Å²) in [6.45, 7) is 0. The SMILES string of the molecule is O=C(NNc1ncnc(Sc2ccc(Cl)cc2)c1[N+](=O)[O-])c1cccc(Cl)c1. The van der Waals surface area contributed by atoms with Crippen molar-refractivity contribution in [1.29, 1.82) is 0 Å². The number of nitro groups is 1. The molecule has 0 aliphatic rings. The van der Waals surface area contributed by atoms with Crippen LogP contribution in [0.5, 0.6) is 0 Å². The van der Waals surface area contributed by atoms with E-state index < -0.39 is 10.8 Å². The number of rotatable bonds is 6. The number of hydrogen-bond donors (Lipinski definition) is 2. The first-order valence-electron chi connectivity index (χ1n) is 7.69. The first-order valence-corrected chi connectivity index (χ1v) is 9.26. The lowest BCUT2D eigenvalue weighted by Gasteiger charge is -2.10. The Bertz CT molecular complexity index is 1030. The van der Waals surface area contributed by atoms with Gasteiger partial charge in [-0.05, 0) is 42.5 Å². The number of carbonyl (C=O) groups excluding carboxylic acids is 1. The van der Waals surface area contributed by atoms with Crippen molar-refractivity contribution in [2.24, 2.45) is 0 Å². The first kappa shape index (κ1) is 19.9. The van der Waals surface area contributed by atoms with Crippen LogP contribution in [0.2, 0.25) is 10.0 Å². The van der Waals surface area contributed by atoms with Crippen LogP contribution in [0.15, 0.2) is 64.8 Å². The highest BCUT2D eigenvalue weighted by molar-refractivity contribution is 7.99. The Hall–Kier alpha value is -2.88. The normalized spacial score (nSPS) is 10.4. The van der Waals surface area contributed by atoms with E-state index in [9.17, 15) is 14.9 Å². The second-order valence-corrected chi connectivity index (χ2v) is 7.21. The molecule has 142 valence electrons. The number of amides is 1. The highest BCUT2D eigenvalue weighted by atomic mass is 35.5. The number of nitrogens with one attached hydrogen (secondary N) is 2. The van der Waals surface area contributed by atoms with Crippen LogP contribution in [0.3, 0.4) is 0 Å². The zero-order chi connectivity index (χ0) is 20.1. The van der Waals surface area contributed by atoms with E-state index in [0.29, 0.717) is 14.9 Å². The maximum atomic E-state index is 12.2. The third kappa shape index (κ3) is 4.89. The van der Waals surface area contributed by atoms with Gasteiger partial charge in [0.05, 0.1) is 4.92 Å². The van der Waals surface area contributed by atoms with Crippen molar-refractivity contribution < 1.29 is 9.72 Å². The van der Waals surface area contributed by atoms with Crippen LogP contribution in [-0.4, -0.2) is 20.8 Å². The van der Waals surface area contributed by atoms with E-state index in [-0.39, 0.29) is 22.1 Å². The molecule has 0 spiro atoms. The van der Waals surface area contributed by atoms with Crippen molar-refractivity contribution in [3.05, 3.63) is 80.6 Å². The number of aromatic nitrogens is 2. The molecule has 2 aromatic carbocycles. The molecule has 0 aliphatic carbocycles. The molecule has 8 nitrogen and oxygen atoms in total. The lowest BCUT2D eigenvalue weighted by Crippen LogP contribution is -2.30. The minimum Gasteiger partial charge on any atom is -0.276 e. The molecular formula is C17H11Cl2N5O3S. The molecule has 0 radical (unpaired) electrons. The Balaban J connectivity index is 1.81. The van der Waals surface area contributed by atoms with E-state index in [2.05, 4.69) is 20.8 Å². The standard InChI is InChI=1S/C17H11Cl2N5O3S/c18-11-4-6-13(7-5-11)28-17-14(24(26)27)15(20-9-21-17)22-23-16(25)10-2-1-3-12(19)8-10/h1-9H,(H,23,25)(H,20,21,22). The summed E-state index contributed by atoms with van der Waals surface area (Å²) in [7, 11) is 0. The molecule has 0 aliphatic heterocycles. The zero-order valence-electron chi connectivity index (χ0n) is 13.9. The van der Waals surface area contributed by atoms with Crippen molar-refractivity contribution in [2.45, 2.75) is 9.92 Å². The van der Waals surface area contributed by atoms with E-state index in [4.69, 9.17) is 23.2 Å².